The van der Waals surface area contributed by atoms with Gasteiger partial charge in [0.15, 0.2) is 0 Å². The van der Waals surface area contributed by atoms with E-state index in [1.807, 2.05) is 17.2 Å². The molecule has 3 aliphatic rings. The number of aryl methyl sites for hydroxylation is 2. The molecule has 0 spiro atoms. The molecule has 1 saturated carbocycles. The van der Waals surface area contributed by atoms with E-state index in [1.165, 1.54) is 25.9 Å². The fourth-order valence-electron chi connectivity index (χ4n) is 6.87. The van der Waals surface area contributed by atoms with Crippen molar-refractivity contribution in [1.82, 2.24) is 14.2 Å². The van der Waals surface area contributed by atoms with Crippen LogP contribution in [0.5, 0.6) is 5.75 Å². The van der Waals surface area contributed by atoms with E-state index in [-0.39, 0.29) is 55.7 Å². The van der Waals surface area contributed by atoms with E-state index in [4.69, 9.17) is 14.2 Å². The zero-order chi connectivity index (χ0) is 31.4. The molecular formula is C33H49IN4O6S. The number of piperidine rings is 1. The summed E-state index contributed by atoms with van der Waals surface area (Å²) in [7, 11) is 0.168. The molecule has 2 aliphatic heterocycles. The van der Waals surface area contributed by atoms with Gasteiger partial charge >= 0.3 is 0 Å². The van der Waals surface area contributed by atoms with Crippen molar-refractivity contribution >= 4 is 15.9 Å². The highest BCUT2D eigenvalue weighted by molar-refractivity contribution is 7.89. The van der Waals surface area contributed by atoms with Gasteiger partial charge in [-0.25, -0.2) is 8.42 Å². The number of benzene rings is 1. The Morgan fingerprint density at radius 1 is 1.11 bits per heavy atom. The first-order valence-corrected chi connectivity index (χ1v) is 17.4. The molecule has 1 amide bonds. The number of pyridine rings is 1. The maximum absolute atomic E-state index is 13.7. The van der Waals surface area contributed by atoms with Gasteiger partial charge in [-0.2, -0.15) is 4.31 Å². The van der Waals surface area contributed by atoms with E-state index in [2.05, 4.69) is 18.1 Å². The molecule has 0 N–H and O–H groups in total. The number of carbonyl (C=O) groups excluding carboxylic acids is 1. The third kappa shape index (κ3) is 8.55. The molecule has 2 saturated heterocycles. The quantitative estimate of drug-likeness (QED) is 0.159. The fraction of sp³-hybridized carbons (Fsp3) is 0.636. The van der Waals surface area contributed by atoms with Gasteiger partial charge in [-0.1, -0.05) is 6.07 Å². The number of methoxy groups -OCH3 is 1. The summed E-state index contributed by atoms with van der Waals surface area (Å²) in [4.78, 5) is 19.7. The Hall–Kier alpha value is -1.84. The number of quaternary nitrogens is 1. The summed E-state index contributed by atoms with van der Waals surface area (Å²) in [5.41, 5.74) is 1.93. The fourth-order valence-corrected chi connectivity index (χ4v) is 8.95. The third-order valence-electron chi connectivity index (χ3n) is 9.64. The Labute approximate surface area is 286 Å². The zero-order valence-corrected chi connectivity index (χ0v) is 30.1. The smallest absolute Gasteiger partial charge is 0.248 e. The Balaban J connectivity index is 0.00000461. The van der Waals surface area contributed by atoms with Crippen LogP contribution in [0, 0.1) is 13.8 Å². The number of likely N-dealkylation sites (N-methyl/N-ethyl adjacent to an activating group) is 1. The minimum atomic E-state index is -3.72. The highest BCUT2D eigenvalue weighted by Gasteiger charge is 2.41. The topological polar surface area (TPSA) is 98.3 Å². The predicted octanol–water partition coefficient (Wildman–Crippen LogP) is 0.656. The lowest BCUT2D eigenvalue weighted by molar-refractivity contribution is -0.898. The van der Waals surface area contributed by atoms with Crippen LogP contribution in [0.2, 0.25) is 0 Å². The van der Waals surface area contributed by atoms with Crippen LogP contribution in [-0.4, -0.2) is 112 Å². The number of halogens is 1. The molecule has 3 fully saturated rings. The second kappa shape index (κ2) is 15.4. The van der Waals surface area contributed by atoms with Gasteiger partial charge in [0.2, 0.25) is 15.9 Å². The lowest BCUT2D eigenvalue weighted by atomic mass is 9.85. The second-order valence-corrected chi connectivity index (χ2v) is 14.8. The minimum Gasteiger partial charge on any atom is -1.00 e. The van der Waals surface area contributed by atoms with Crippen LogP contribution in [0.4, 0.5) is 0 Å². The Bertz CT molecular complexity index is 1370. The van der Waals surface area contributed by atoms with Gasteiger partial charge < -0.3 is 47.6 Å². The summed E-state index contributed by atoms with van der Waals surface area (Å²) < 4.78 is 47.8. The SMILES string of the molecule is COc1cc(C)c(S(=O)(=O)N(CCOCC(=O)N2CCC(OCC[N+]3(C)CCCC3)(c3cccnc3)CC2)C2CC2)c(C)c1.[I-]. The van der Waals surface area contributed by atoms with Crippen molar-refractivity contribution < 1.29 is 55.9 Å². The Morgan fingerprint density at radius 2 is 1.78 bits per heavy atom. The molecule has 1 aromatic heterocycles. The maximum atomic E-state index is 13.7. The molecule has 5 rings (SSSR count). The van der Waals surface area contributed by atoms with Gasteiger partial charge in [-0.15, -0.1) is 0 Å². The second-order valence-electron chi connectivity index (χ2n) is 13.0. The molecule has 1 aliphatic carbocycles. The van der Waals surface area contributed by atoms with E-state index >= 15 is 0 Å². The molecule has 3 heterocycles. The van der Waals surface area contributed by atoms with Crippen molar-refractivity contribution in [3.63, 3.8) is 0 Å². The highest BCUT2D eigenvalue weighted by Crippen LogP contribution is 2.37. The number of hydrogen-bond donors (Lipinski definition) is 0. The first-order chi connectivity index (χ1) is 21.1. The van der Waals surface area contributed by atoms with Crippen LogP contribution in [0.15, 0.2) is 41.6 Å². The van der Waals surface area contributed by atoms with E-state index in [0.717, 1.165) is 29.4 Å². The number of nitrogens with zero attached hydrogens (tertiary/aromatic N) is 4. The van der Waals surface area contributed by atoms with Gasteiger partial charge in [0.25, 0.3) is 0 Å². The van der Waals surface area contributed by atoms with Gasteiger partial charge in [0, 0.05) is 56.5 Å². The standard InChI is InChI=1S/C33H49N4O6S.HI/c1-26-22-30(41-4)23-27(2)32(26)44(39,40)36(29-9-10-29)16-20-42-25-31(38)35-14-11-33(12-15-35,28-8-7-13-34-24-28)43-21-19-37(3)17-5-6-18-37;/h7-8,13,22-24,29H,5-6,9-12,14-21,25H2,1-4H3;1H/q+1;/p-1. The summed E-state index contributed by atoms with van der Waals surface area (Å²) in [5, 5.41) is 0. The summed E-state index contributed by atoms with van der Waals surface area (Å²) in [6.45, 7) is 9.10. The number of sulfonamides is 1. The van der Waals surface area contributed by atoms with E-state index < -0.39 is 15.6 Å². The molecule has 0 atom stereocenters. The van der Waals surface area contributed by atoms with Crippen molar-refractivity contribution in [1.29, 1.82) is 0 Å². The third-order valence-corrected chi connectivity index (χ3v) is 11.9. The summed E-state index contributed by atoms with van der Waals surface area (Å²) in [6, 6.07) is 7.50. The van der Waals surface area contributed by atoms with Crippen molar-refractivity contribution in [2.45, 2.75) is 68.9 Å². The minimum absolute atomic E-state index is 0. The number of ether oxygens (including phenoxy) is 3. The molecule has 10 nitrogen and oxygen atoms in total. The number of likely N-dealkylation sites (tertiary alicyclic amines) is 2. The molecule has 12 heteroatoms. The van der Waals surface area contributed by atoms with Crippen LogP contribution >= 0.6 is 0 Å². The number of aromatic nitrogens is 1. The first kappa shape index (κ1) is 36.0. The zero-order valence-electron chi connectivity index (χ0n) is 27.2. The largest absolute Gasteiger partial charge is 1.00 e. The van der Waals surface area contributed by atoms with Crippen molar-refractivity contribution in [2.24, 2.45) is 0 Å². The molecule has 2 aromatic rings. The molecule has 250 valence electrons. The Morgan fingerprint density at radius 3 is 2.36 bits per heavy atom. The van der Waals surface area contributed by atoms with Crippen LogP contribution in [0.1, 0.15) is 55.2 Å². The van der Waals surface area contributed by atoms with Gasteiger partial charge in [0.05, 0.1) is 51.0 Å². The molecule has 0 bridgehead atoms. The molecule has 1 aromatic carbocycles. The lowest BCUT2D eigenvalue weighted by Crippen LogP contribution is -3.00. The van der Waals surface area contributed by atoms with Gasteiger partial charge in [0.1, 0.15) is 18.9 Å². The number of carbonyl (C=O) groups is 1. The monoisotopic (exact) mass is 756 g/mol. The molecule has 0 unspecified atom stereocenters. The van der Waals surface area contributed by atoms with Crippen LogP contribution < -0.4 is 28.7 Å². The summed E-state index contributed by atoms with van der Waals surface area (Å²) in [5.74, 6) is 0.556. The predicted molar refractivity (Wildman–Crippen MR) is 168 cm³/mol. The molecule has 45 heavy (non-hydrogen) atoms. The van der Waals surface area contributed by atoms with Crippen molar-refractivity contribution in [3.8, 4) is 5.75 Å². The van der Waals surface area contributed by atoms with Crippen molar-refractivity contribution in [2.75, 3.05) is 73.2 Å². The normalized spacial score (nSPS) is 19.4. The van der Waals surface area contributed by atoms with E-state index in [0.29, 0.717) is 54.3 Å². The van der Waals surface area contributed by atoms with Crippen LogP contribution in [-0.2, 0) is 29.9 Å². The van der Waals surface area contributed by atoms with E-state index in [1.54, 1.807) is 43.6 Å². The molecule has 0 radical (unpaired) electrons. The van der Waals surface area contributed by atoms with Crippen LogP contribution in [0.3, 0.4) is 0 Å². The number of amides is 1. The highest BCUT2D eigenvalue weighted by atomic mass is 127. The van der Waals surface area contributed by atoms with Crippen LogP contribution in [0.25, 0.3) is 0 Å². The summed E-state index contributed by atoms with van der Waals surface area (Å²) >= 11 is 0. The average molecular weight is 757 g/mol. The Kier molecular flexibility index (Phi) is 12.3. The number of rotatable bonds is 14. The maximum Gasteiger partial charge on any atom is 0.248 e. The van der Waals surface area contributed by atoms with Gasteiger partial charge in [-0.05, 0) is 68.9 Å². The van der Waals surface area contributed by atoms with E-state index in [9.17, 15) is 13.2 Å². The number of hydrogen-bond acceptors (Lipinski definition) is 7. The lowest BCUT2D eigenvalue weighted by Gasteiger charge is -2.42. The molecular weight excluding hydrogens is 707 g/mol. The average Bonchev–Trinajstić information content (AvgIpc) is 3.75. The first-order valence-electron chi connectivity index (χ1n) is 16.0. The summed E-state index contributed by atoms with van der Waals surface area (Å²) in [6.07, 6.45) is 9.28. The van der Waals surface area contributed by atoms with Crippen molar-refractivity contribution in [3.05, 3.63) is 53.3 Å². The van der Waals surface area contributed by atoms with Gasteiger partial charge in [-0.3, -0.25) is 9.78 Å².